The first-order chi connectivity index (χ1) is 6.97. The van der Waals surface area contributed by atoms with Gasteiger partial charge in [-0.25, -0.2) is 0 Å². The fourth-order valence-electron chi connectivity index (χ4n) is 1.50. The molecule has 6 unspecified atom stereocenters. The molecule has 0 aromatic carbocycles. The molecule has 15 heavy (non-hydrogen) atoms. The van der Waals surface area contributed by atoms with Crippen molar-refractivity contribution in [2.24, 2.45) is 0 Å². The smallest absolute Gasteiger partial charge is 0.183 e. The van der Waals surface area contributed by atoms with Gasteiger partial charge in [0.25, 0.3) is 0 Å². The molecule has 90 valence electrons. The van der Waals surface area contributed by atoms with E-state index in [4.69, 9.17) is 4.74 Å². The standard InChI is InChI=1S/C8H16O5S2/c1-3(15-14)2-4-5(9)6(10)7(11)8(12)13-4/h3-12,14H,2H2,1H3. The molecule has 1 fully saturated rings. The van der Waals surface area contributed by atoms with Gasteiger partial charge in [-0.2, -0.15) is 0 Å². The van der Waals surface area contributed by atoms with Crippen LogP contribution in [0.1, 0.15) is 13.3 Å². The van der Waals surface area contributed by atoms with Crippen LogP contribution in [-0.4, -0.2) is 56.4 Å². The minimum atomic E-state index is -1.46. The summed E-state index contributed by atoms with van der Waals surface area (Å²) in [4.78, 5) is 0. The van der Waals surface area contributed by atoms with Crippen molar-refractivity contribution in [3.05, 3.63) is 0 Å². The summed E-state index contributed by atoms with van der Waals surface area (Å²) in [7, 11) is 1.30. The van der Waals surface area contributed by atoms with Crippen LogP contribution in [0.5, 0.6) is 0 Å². The Morgan fingerprint density at radius 3 is 2.33 bits per heavy atom. The van der Waals surface area contributed by atoms with Gasteiger partial charge in [0.2, 0.25) is 0 Å². The Bertz CT molecular complexity index is 203. The molecule has 0 amide bonds. The first kappa shape index (κ1) is 13.6. The van der Waals surface area contributed by atoms with E-state index in [1.54, 1.807) is 0 Å². The first-order valence-corrected chi connectivity index (χ1v) is 6.58. The highest BCUT2D eigenvalue weighted by Gasteiger charge is 2.43. The van der Waals surface area contributed by atoms with Crippen molar-refractivity contribution in [2.45, 2.75) is 49.3 Å². The Morgan fingerprint density at radius 2 is 1.80 bits per heavy atom. The third kappa shape index (κ3) is 3.23. The molecule has 6 atom stereocenters. The Hall–Kier alpha value is 0.500. The molecule has 4 N–H and O–H groups in total. The summed E-state index contributed by atoms with van der Waals surface area (Å²) in [6.07, 6.45) is -5.73. The summed E-state index contributed by atoms with van der Waals surface area (Å²) in [6.45, 7) is 1.89. The predicted molar refractivity (Wildman–Crippen MR) is 59.6 cm³/mol. The molecular weight excluding hydrogens is 240 g/mol. The number of aliphatic hydroxyl groups excluding tert-OH is 4. The van der Waals surface area contributed by atoms with Crippen LogP contribution in [0.4, 0.5) is 0 Å². The van der Waals surface area contributed by atoms with Gasteiger partial charge in [-0.1, -0.05) is 17.7 Å². The SMILES string of the molecule is CC(CC1OC(O)C(O)C(O)C1O)SS. The summed E-state index contributed by atoms with van der Waals surface area (Å²) in [5.41, 5.74) is 0. The van der Waals surface area contributed by atoms with E-state index in [0.29, 0.717) is 6.42 Å². The lowest BCUT2D eigenvalue weighted by atomic mass is 9.96. The highest BCUT2D eigenvalue weighted by Crippen LogP contribution is 2.27. The third-order valence-corrected chi connectivity index (χ3v) is 4.06. The first-order valence-electron chi connectivity index (χ1n) is 4.65. The molecule has 0 aromatic rings. The summed E-state index contributed by atoms with van der Waals surface area (Å²) >= 11 is 4.01. The van der Waals surface area contributed by atoms with Crippen LogP contribution >= 0.6 is 22.5 Å². The van der Waals surface area contributed by atoms with Gasteiger partial charge in [-0.3, -0.25) is 0 Å². The monoisotopic (exact) mass is 256 g/mol. The van der Waals surface area contributed by atoms with Gasteiger partial charge in [0.15, 0.2) is 6.29 Å². The Balaban J connectivity index is 2.58. The average Bonchev–Trinajstić information content (AvgIpc) is 2.22. The summed E-state index contributed by atoms with van der Waals surface area (Å²) in [5, 5.41) is 37.6. The van der Waals surface area contributed by atoms with E-state index in [1.165, 1.54) is 10.8 Å². The van der Waals surface area contributed by atoms with Gasteiger partial charge in [-0.05, 0) is 6.42 Å². The van der Waals surface area contributed by atoms with Crippen LogP contribution < -0.4 is 0 Å². The zero-order chi connectivity index (χ0) is 11.6. The van der Waals surface area contributed by atoms with Gasteiger partial charge in [0.1, 0.15) is 18.3 Å². The number of thiol groups is 1. The topological polar surface area (TPSA) is 90.2 Å². The molecule has 1 saturated heterocycles. The lowest BCUT2D eigenvalue weighted by Gasteiger charge is -2.39. The van der Waals surface area contributed by atoms with Gasteiger partial charge in [0, 0.05) is 5.25 Å². The molecule has 1 heterocycles. The third-order valence-electron chi connectivity index (χ3n) is 2.43. The molecule has 0 radical (unpaired) electrons. The molecule has 0 aromatic heterocycles. The largest absolute Gasteiger partial charge is 0.388 e. The second-order valence-electron chi connectivity index (χ2n) is 3.69. The maximum atomic E-state index is 9.59. The van der Waals surface area contributed by atoms with E-state index in [2.05, 4.69) is 11.7 Å². The van der Waals surface area contributed by atoms with Crippen LogP contribution in [0.15, 0.2) is 0 Å². The van der Waals surface area contributed by atoms with E-state index >= 15 is 0 Å². The summed E-state index contributed by atoms with van der Waals surface area (Å²) in [6, 6.07) is 0. The summed E-state index contributed by atoms with van der Waals surface area (Å²) in [5.74, 6) is 0. The lowest BCUT2D eigenvalue weighted by Crippen LogP contribution is -2.57. The molecule has 0 bridgehead atoms. The number of rotatable bonds is 3. The predicted octanol–water partition coefficient (Wildman–Crippen LogP) is -0.857. The van der Waals surface area contributed by atoms with Crippen LogP contribution in [0.2, 0.25) is 0 Å². The molecule has 1 aliphatic rings. The minimum Gasteiger partial charge on any atom is -0.388 e. The molecule has 1 rings (SSSR count). The van der Waals surface area contributed by atoms with Crippen molar-refractivity contribution < 1.29 is 25.2 Å². The second kappa shape index (κ2) is 5.72. The van der Waals surface area contributed by atoms with E-state index in [-0.39, 0.29) is 5.25 Å². The number of aliphatic hydroxyl groups is 4. The maximum Gasteiger partial charge on any atom is 0.183 e. The fraction of sp³-hybridized carbons (Fsp3) is 1.00. The molecule has 1 aliphatic heterocycles. The highest BCUT2D eigenvalue weighted by molar-refractivity contribution is 8.68. The molecular formula is C8H16O5S2. The van der Waals surface area contributed by atoms with Gasteiger partial charge < -0.3 is 25.2 Å². The van der Waals surface area contributed by atoms with E-state index in [0.717, 1.165) is 0 Å². The number of ether oxygens (including phenoxy) is 1. The zero-order valence-corrected chi connectivity index (χ0v) is 9.93. The van der Waals surface area contributed by atoms with E-state index in [1.807, 2.05) is 6.92 Å². The van der Waals surface area contributed by atoms with Crippen molar-refractivity contribution in [3.63, 3.8) is 0 Å². The zero-order valence-electron chi connectivity index (χ0n) is 8.22. The van der Waals surface area contributed by atoms with Gasteiger partial charge in [0.05, 0.1) is 6.10 Å². The number of hydrogen-bond donors (Lipinski definition) is 5. The normalized spacial score (nSPS) is 44.0. The van der Waals surface area contributed by atoms with Crippen molar-refractivity contribution >= 4 is 22.5 Å². The van der Waals surface area contributed by atoms with Crippen LogP contribution in [-0.2, 0) is 4.74 Å². The van der Waals surface area contributed by atoms with E-state index in [9.17, 15) is 20.4 Å². The number of hydrogen-bond acceptors (Lipinski definition) is 7. The average molecular weight is 256 g/mol. The van der Waals surface area contributed by atoms with Crippen LogP contribution in [0.25, 0.3) is 0 Å². The van der Waals surface area contributed by atoms with Gasteiger partial charge >= 0.3 is 0 Å². The maximum absolute atomic E-state index is 9.59. The highest BCUT2D eigenvalue weighted by atomic mass is 33.1. The summed E-state index contributed by atoms with van der Waals surface area (Å²) < 4.78 is 5.00. The van der Waals surface area contributed by atoms with Crippen molar-refractivity contribution in [1.29, 1.82) is 0 Å². The van der Waals surface area contributed by atoms with E-state index < -0.39 is 30.7 Å². The molecule has 0 spiro atoms. The molecule has 0 aliphatic carbocycles. The molecule has 7 heteroatoms. The minimum absolute atomic E-state index is 0.114. The van der Waals surface area contributed by atoms with Crippen molar-refractivity contribution in [3.8, 4) is 0 Å². The second-order valence-corrected chi connectivity index (χ2v) is 5.34. The Morgan fingerprint density at radius 1 is 1.20 bits per heavy atom. The van der Waals surface area contributed by atoms with Crippen LogP contribution in [0, 0.1) is 0 Å². The van der Waals surface area contributed by atoms with Crippen molar-refractivity contribution in [2.75, 3.05) is 0 Å². The Labute approximate surface area is 97.3 Å². The molecule has 5 nitrogen and oxygen atoms in total. The van der Waals surface area contributed by atoms with Crippen molar-refractivity contribution in [1.82, 2.24) is 0 Å². The van der Waals surface area contributed by atoms with Gasteiger partial charge in [-0.15, -0.1) is 11.7 Å². The Kier molecular flexibility index (Phi) is 5.17. The fourth-order valence-corrected chi connectivity index (χ4v) is 2.03. The lowest BCUT2D eigenvalue weighted by molar-refractivity contribution is -0.282. The molecule has 0 saturated carbocycles. The quantitative estimate of drug-likeness (QED) is 0.334. The van der Waals surface area contributed by atoms with Crippen LogP contribution in [0.3, 0.4) is 0 Å².